The van der Waals surface area contributed by atoms with Gasteiger partial charge in [0.25, 0.3) is 11.5 Å². The molecule has 0 aliphatic heterocycles. The van der Waals surface area contributed by atoms with Gasteiger partial charge in [-0.3, -0.25) is 9.59 Å². The summed E-state index contributed by atoms with van der Waals surface area (Å²) in [5, 5.41) is 6.91. The second-order valence-corrected chi connectivity index (χ2v) is 6.88. The number of anilines is 1. The highest BCUT2D eigenvalue weighted by Gasteiger charge is 2.32. The van der Waals surface area contributed by atoms with Gasteiger partial charge >= 0.3 is 0 Å². The minimum Gasteiger partial charge on any atom is -0.324 e. The molecule has 0 aliphatic rings. The molecule has 5 nitrogen and oxygen atoms in total. The minimum absolute atomic E-state index is 0.105. The Morgan fingerprint density at radius 1 is 1.11 bits per heavy atom. The van der Waals surface area contributed by atoms with Crippen LogP contribution < -0.4 is 10.9 Å². The van der Waals surface area contributed by atoms with E-state index in [1.165, 1.54) is 18.2 Å². The first-order valence-electron chi connectivity index (χ1n) is 8.22. The maximum atomic E-state index is 13.3. The number of hydrogen-bond donors (Lipinski definition) is 1. The Bertz CT molecular complexity index is 1050. The average Bonchev–Trinajstić information content (AvgIpc) is 2.65. The fourth-order valence-electron chi connectivity index (χ4n) is 2.53. The Kier molecular flexibility index (Phi) is 5.10. The topological polar surface area (TPSA) is 64.0 Å². The molecule has 0 spiro atoms. The molecule has 0 bridgehead atoms. The Balaban J connectivity index is 1.94. The first-order chi connectivity index (χ1) is 12.8. The zero-order chi connectivity index (χ0) is 19.6. The predicted octanol–water partition coefficient (Wildman–Crippen LogP) is 4.08. The first kappa shape index (κ1) is 18.8. The van der Waals surface area contributed by atoms with Crippen molar-refractivity contribution in [2.75, 3.05) is 5.32 Å². The van der Waals surface area contributed by atoms with Gasteiger partial charge in [0.1, 0.15) is 11.4 Å². The van der Waals surface area contributed by atoms with Crippen LogP contribution in [-0.2, 0) is 10.3 Å². The second kappa shape index (κ2) is 7.32. The summed E-state index contributed by atoms with van der Waals surface area (Å²) in [6.45, 7) is 3.16. The Hall–Kier alpha value is -2.99. The molecule has 0 fully saturated rings. The van der Waals surface area contributed by atoms with Gasteiger partial charge in [0, 0.05) is 17.3 Å². The van der Waals surface area contributed by atoms with Gasteiger partial charge in [0.05, 0.1) is 10.7 Å². The maximum absolute atomic E-state index is 13.3. The van der Waals surface area contributed by atoms with Crippen LogP contribution in [0.3, 0.4) is 0 Å². The molecule has 1 heterocycles. The van der Waals surface area contributed by atoms with E-state index in [9.17, 15) is 14.0 Å². The summed E-state index contributed by atoms with van der Waals surface area (Å²) in [5.74, 6) is -1.06. The number of amides is 1. The normalized spacial score (nSPS) is 11.3. The van der Waals surface area contributed by atoms with E-state index >= 15 is 0 Å². The van der Waals surface area contributed by atoms with Gasteiger partial charge in [-0.15, -0.1) is 0 Å². The molecular weight excluding hydrogens is 369 g/mol. The molecule has 1 amide bonds. The highest BCUT2D eigenvalue weighted by Crippen LogP contribution is 2.22. The van der Waals surface area contributed by atoms with E-state index in [-0.39, 0.29) is 5.02 Å². The number of halogens is 2. The van der Waals surface area contributed by atoms with Crippen LogP contribution >= 0.6 is 11.6 Å². The number of rotatable bonds is 4. The number of carbonyl (C=O) groups excluding carboxylic acids is 1. The fraction of sp³-hybridized carbons (Fsp3) is 0.150. The standard InChI is InChI=1S/C20H17ClFN3O2/c1-20(2,19(27)23-14-8-9-16(22)15(21)12-14)25-18(26)11-10-17(24-25)13-6-4-3-5-7-13/h3-12H,1-2H3,(H,23,27). The summed E-state index contributed by atoms with van der Waals surface area (Å²) in [7, 11) is 0. The van der Waals surface area contributed by atoms with Crippen molar-refractivity contribution in [3.05, 3.63) is 81.9 Å². The lowest BCUT2D eigenvalue weighted by atomic mass is 10.0. The molecule has 1 N–H and O–H groups in total. The zero-order valence-electron chi connectivity index (χ0n) is 14.7. The van der Waals surface area contributed by atoms with Crippen molar-refractivity contribution in [2.45, 2.75) is 19.4 Å². The SMILES string of the molecule is CC(C)(C(=O)Nc1ccc(F)c(Cl)c1)n1nc(-c2ccccc2)ccc1=O. The van der Waals surface area contributed by atoms with Gasteiger partial charge in [-0.25, -0.2) is 9.07 Å². The van der Waals surface area contributed by atoms with Crippen LogP contribution in [0, 0.1) is 5.82 Å². The van der Waals surface area contributed by atoms with Crippen LogP contribution in [0.5, 0.6) is 0 Å². The van der Waals surface area contributed by atoms with E-state index in [4.69, 9.17) is 11.6 Å². The Labute approximate surface area is 160 Å². The van der Waals surface area contributed by atoms with Crippen LogP contribution in [-0.4, -0.2) is 15.7 Å². The number of nitrogens with zero attached hydrogens (tertiary/aromatic N) is 2. The summed E-state index contributed by atoms with van der Waals surface area (Å²) in [5.41, 5.74) is 0.0234. The van der Waals surface area contributed by atoms with Crippen LogP contribution in [0.4, 0.5) is 10.1 Å². The van der Waals surface area contributed by atoms with Gasteiger partial charge in [0.2, 0.25) is 0 Å². The van der Waals surface area contributed by atoms with Gasteiger partial charge < -0.3 is 5.32 Å². The van der Waals surface area contributed by atoms with Crippen molar-refractivity contribution >= 4 is 23.2 Å². The van der Waals surface area contributed by atoms with E-state index < -0.39 is 22.8 Å². The Morgan fingerprint density at radius 2 is 1.81 bits per heavy atom. The highest BCUT2D eigenvalue weighted by molar-refractivity contribution is 6.31. The van der Waals surface area contributed by atoms with E-state index in [1.54, 1.807) is 19.9 Å². The zero-order valence-corrected chi connectivity index (χ0v) is 15.5. The molecule has 3 aromatic rings. The molecule has 0 atom stereocenters. The number of carbonyl (C=O) groups is 1. The number of benzene rings is 2. The summed E-state index contributed by atoms with van der Waals surface area (Å²) in [4.78, 5) is 25.1. The lowest BCUT2D eigenvalue weighted by molar-refractivity contribution is -0.123. The molecule has 3 rings (SSSR count). The number of aromatic nitrogens is 2. The molecule has 0 saturated carbocycles. The third-order valence-electron chi connectivity index (χ3n) is 4.13. The maximum Gasteiger partial charge on any atom is 0.267 e. The molecule has 0 radical (unpaired) electrons. The quantitative estimate of drug-likeness (QED) is 0.736. The largest absolute Gasteiger partial charge is 0.324 e. The summed E-state index contributed by atoms with van der Waals surface area (Å²) in [6, 6.07) is 16.2. The van der Waals surface area contributed by atoms with E-state index in [2.05, 4.69) is 10.4 Å². The Morgan fingerprint density at radius 3 is 2.48 bits per heavy atom. The van der Waals surface area contributed by atoms with Gasteiger partial charge in [-0.1, -0.05) is 41.9 Å². The molecule has 0 saturated heterocycles. The minimum atomic E-state index is -1.29. The van der Waals surface area contributed by atoms with Crippen LogP contribution in [0.15, 0.2) is 65.5 Å². The average molecular weight is 386 g/mol. The molecule has 7 heteroatoms. The smallest absolute Gasteiger partial charge is 0.267 e. The molecule has 27 heavy (non-hydrogen) atoms. The van der Waals surface area contributed by atoms with E-state index in [0.29, 0.717) is 11.4 Å². The van der Waals surface area contributed by atoms with Gasteiger partial charge in [-0.05, 0) is 38.1 Å². The number of nitrogens with one attached hydrogen (secondary N) is 1. The molecule has 1 aromatic heterocycles. The van der Waals surface area contributed by atoms with E-state index in [0.717, 1.165) is 16.3 Å². The third kappa shape index (κ3) is 3.90. The van der Waals surface area contributed by atoms with Crippen LogP contribution in [0.2, 0.25) is 5.02 Å². The molecule has 2 aromatic carbocycles. The highest BCUT2D eigenvalue weighted by atomic mass is 35.5. The summed E-state index contributed by atoms with van der Waals surface area (Å²) >= 11 is 5.75. The van der Waals surface area contributed by atoms with Crippen molar-refractivity contribution in [3.63, 3.8) is 0 Å². The van der Waals surface area contributed by atoms with Crippen molar-refractivity contribution in [1.29, 1.82) is 0 Å². The second-order valence-electron chi connectivity index (χ2n) is 6.48. The van der Waals surface area contributed by atoms with Crippen LogP contribution in [0.25, 0.3) is 11.3 Å². The molecule has 0 unspecified atom stereocenters. The first-order valence-corrected chi connectivity index (χ1v) is 8.59. The molecule has 138 valence electrons. The summed E-state index contributed by atoms with van der Waals surface area (Å²) in [6.07, 6.45) is 0. The lowest BCUT2D eigenvalue weighted by Crippen LogP contribution is -2.47. The van der Waals surface area contributed by atoms with Crippen molar-refractivity contribution in [1.82, 2.24) is 9.78 Å². The van der Waals surface area contributed by atoms with Crippen molar-refractivity contribution in [2.24, 2.45) is 0 Å². The van der Waals surface area contributed by atoms with Gasteiger partial charge in [-0.2, -0.15) is 5.10 Å². The fourth-order valence-corrected chi connectivity index (χ4v) is 2.71. The third-order valence-corrected chi connectivity index (χ3v) is 4.42. The van der Waals surface area contributed by atoms with Crippen LogP contribution in [0.1, 0.15) is 13.8 Å². The number of hydrogen-bond acceptors (Lipinski definition) is 3. The predicted molar refractivity (Wildman–Crippen MR) is 103 cm³/mol. The molecular formula is C20H17ClFN3O2. The van der Waals surface area contributed by atoms with Crippen molar-refractivity contribution < 1.29 is 9.18 Å². The van der Waals surface area contributed by atoms with E-state index in [1.807, 2.05) is 30.3 Å². The monoisotopic (exact) mass is 385 g/mol. The molecule has 0 aliphatic carbocycles. The lowest BCUT2D eigenvalue weighted by Gasteiger charge is -2.25. The van der Waals surface area contributed by atoms with Gasteiger partial charge in [0.15, 0.2) is 0 Å². The summed E-state index contributed by atoms with van der Waals surface area (Å²) < 4.78 is 14.4. The van der Waals surface area contributed by atoms with Crippen molar-refractivity contribution in [3.8, 4) is 11.3 Å².